The second kappa shape index (κ2) is 7.27. The molecule has 0 spiro atoms. The van der Waals surface area contributed by atoms with Gasteiger partial charge in [-0.15, -0.1) is 10.2 Å². The molecular formula is C24H18N4O6. The maximum atomic E-state index is 13.2. The van der Waals surface area contributed by atoms with E-state index in [0.29, 0.717) is 40.7 Å². The average Bonchev–Trinajstić information content (AvgIpc) is 3.61. The number of nitrogens with zero attached hydrogens (tertiary/aromatic N) is 3. The maximum Gasteiger partial charge on any atom is 0.254 e. The van der Waals surface area contributed by atoms with E-state index in [9.17, 15) is 14.4 Å². The molecule has 1 fully saturated rings. The molecule has 0 bridgehead atoms. The van der Waals surface area contributed by atoms with Crippen LogP contribution in [-0.4, -0.2) is 46.5 Å². The van der Waals surface area contributed by atoms with Gasteiger partial charge >= 0.3 is 0 Å². The van der Waals surface area contributed by atoms with Crippen molar-refractivity contribution in [2.24, 2.45) is 0 Å². The standard InChI is InChI=1S/C24H18N4O6/c1-32-16-5-4-15-10-28(22(30)17(15)8-16)11-24(9-20(29)26-23(24)31)19-7-13-2-3-14(6-18(13)34-19)21-27-25-12-33-21/h2-8,12H,9-11H2,1H3,(H,26,29,31)/t24-/m1/s1. The van der Waals surface area contributed by atoms with Crippen LogP contribution in [0.4, 0.5) is 0 Å². The maximum absolute atomic E-state index is 13.2. The molecule has 2 aliphatic rings. The van der Waals surface area contributed by atoms with Gasteiger partial charge in [-0.25, -0.2) is 0 Å². The number of imide groups is 1. The summed E-state index contributed by atoms with van der Waals surface area (Å²) < 4.78 is 16.6. The highest BCUT2D eigenvalue weighted by atomic mass is 16.5. The Hall–Kier alpha value is -4.47. The number of ether oxygens (including phenoxy) is 1. The van der Waals surface area contributed by atoms with Gasteiger partial charge in [-0.3, -0.25) is 19.7 Å². The van der Waals surface area contributed by atoms with Crippen molar-refractivity contribution in [2.75, 3.05) is 13.7 Å². The number of amides is 3. The third kappa shape index (κ3) is 2.99. The van der Waals surface area contributed by atoms with Crippen molar-refractivity contribution in [1.82, 2.24) is 20.4 Å². The molecule has 10 heteroatoms. The minimum Gasteiger partial charge on any atom is -0.497 e. The van der Waals surface area contributed by atoms with Crippen LogP contribution in [-0.2, 0) is 21.5 Å². The lowest BCUT2D eigenvalue weighted by Gasteiger charge is -2.28. The molecule has 0 aliphatic carbocycles. The molecule has 1 N–H and O–H groups in total. The molecule has 0 radical (unpaired) electrons. The number of furan rings is 1. The van der Waals surface area contributed by atoms with Gasteiger partial charge in [0.2, 0.25) is 24.1 Å². The van der Waals surface area contributed by atoms with E-state index in [4.69, 9.17) is 13.6 Å². The van der Waals surface area contributed by atoms with Crippen LogP contribution in [0, 0.1) is 0 Å². The van der Waals surface area contributed by atoms with Crippen molar-refractivity contribution in [3.63, 3.8) is 0 Å². The Morgan fingerprint density at radius 2 is 2.03 bits per heavy atom. The number of benzene rings is 2. The Labute approximate surface area is 192 Å². The fraction of sp³-hybridized carbons (Fsp3) is 0.208. The predicted octanol–water partition coefficient (Wildman–Crippen LogP) is 2.43. The number of fused-ring (bicyclic) bond motifs is 2. The molecule has 0 unspecified atom stereocenters. The van der Waals surface area contributed by atoms with Crippen LogP contribution >= 0.6 is 0 Å². The van der Waals surface area contributed by atoms with E-state index in [1.54, 1.807) is 35.2 Å². The van der Waals surface area contributed by atoms with Crippen molar-refractivity contribution < 1.29 is 28.0 Å². The quantitative estimate of drug-likeness (QED) is 0.452. The Morgan fingerprint density at radius 1 is 1.15 bits per heavy atom. The fourth-order valence-electron chi connectivity index (χ4n) is 4.67. The summed E-state index contributed by atoms with van der Waals surface area (Å²) in [5.74, 6) is 0.0916. The van der Waals surface area contributed by atoms with Gasteiger partial charge in [0.1, 0.15) is 22.5 Å². The second-order valence-electron chi connectivity index (χ2n) is 8.43. The molecule has 1 atom stereocenters. The van der Waals surface area contributed by atoms with Crippen molar-refractivity contribution >= 4 is 28.7 Å². The van der Waals surface area contributed by atoms with Crippen molar-refractivity contribution in [1.29, 1.82) is 0 Å². The van der Waals surface area contributed by atoms with E-state index in [1.807, 2.05) is 12.1 Å². The molecule has 170 valence electrons. The molecule has 2 aromatic heterocycles. The van der Waals surface area contributed by atoms with E-state index >= 15 is 0 Å². The first kappa shape index (κ1) is 20.2. The number of aromatic nitrogens is 2. The van der Waals surface area contributed by atoms with Crippen LogP contribution in [0.5, 0.6) is 5.75 Å². The summed E-state index contributed by atoms with van der Waals surface area (Å²) in [6.07, 6.45) is 1.11. The summed E-state index contributed by atoms with van der Waals surface area (Å²) in [6, 6.07) is 12.4. The van der Waals surface area contributed by atoms with Gasteiger partial charge in [0.15, 0.2) is 0 Å². The van der Waals surface area contributed by atoms with Crippen molar-refractivity contribution in [3.05, 3.63) is 65.7 Å². The molecule has 34 heavy (non-hydrogen) atoms. The summed E-state index contributed by atoms with van der Waals surface area (Å²) >= 11 is 0. The second-order valence-corrected chi connectivity index (χ2v) is 8.43. The fourth-order valence-corrected chi connectivity index (χ4v) is 4.67. The molecule has 2 aliphatic heterocycles. The molecule has 0 saturated carbocycles. The summed E-state index contributed by atoms with van der Waals surface area (Å²) in [5.41, 5.74) is 1.17. The van der Waals surface area contributed by atoms with Crippen molar-refractivity contribution in [2.45, 2.75) is 18.4 Å². The highest BCUT2D eigenvalue weighted by Crippen LogP contribution is 2.39. The van der Waals surface area contributed by atoms with E-state index in [0.717, 1.165) is 10.9 Å². The first-order chi connectivity index (χ1) is 16.5. The molecule has 6 rings (SSSR count). The van der Waals surface area contributed by atoms with Crippen LogP contribution in [0.1, 0.15) is 28.1 Å². The SMILES string of the molecule is COc1ccc2c(c1)C(=O)N(C[C@@]1(c3cc4ccc(-c5nnco5)cc4o3)CC(=O)NC1=O)C2. The Bertz CT molecular complexity index is 1470. The zero-order valence-corrected chi connectivity index (χ0v) is 18.0. The topological polar surface area (TPSA) is 128 Å². The van der Waals surface area contributed by atoms with Gasteiger partial charge in [0, 0.05) is 29.6 Å². The van der Waals surface area contributed by atoms with E-state index in [1.165, 1.54) is 13.5 Å². The molecular weight excluding hydrogens is 440 g/mol. The number of hydrogen-bond acceptors (Lipinski definition) is 8. The largest absolute Gasteiger partial charge is 0.497 e. The van der Waals surface area contributed by atoms with Gasteiger partial charge < -0.3 is 18.5 Å². The first-order valence-electron chi connectivity index (χ1n) is 10.6. The number of rotatable bonds is 5. The molecule has 4 aromatic rings. The number of nitrogens with one attached hydrogen (secondary N) is 1. The zero-order chi connectivity index (χ0) is 23.4. The minimum absolute atomic E-state index is 0.00323. The van der Waals surface area contributed by atoms with E-state index in [-0.39, 0.29) is 18.9 Å². The number of methoxy groups -OCH3 is 1. The van der Waals surface area contributed by atoms with Gasteiger partial charge in [-0.05, 0) is 35.9 Å². The summed E-state index contributed by atoms with van der Waals surface area (Å²) in [5, 5.41) is 10.7. The summed E-state index contributed by atoms with van der Waals surface area (Å²) in [7, 11) is 1.54. The number of hydrogen-bond donors (Lipinski definition) is 1. The van der Waals surface area contributed by atoms with Gasteiger partial charge in [0.05, 0.1) is 13.5 Å². The molecule has 10 nitrogen and oxygen atoms in total. The van der Waals surface area contributed by atoms with E-state index in [2.05, 4.69) is 15.5 Å². The lowest BCUT2D eigenvalue weighted by atomic mass is 9.82. The molecule has 2 aromatic carbocycles. The monoisotopic (exact) mass is 458 g/mol. The molecule has 4 heterocycles. The highest BCUT2D eigenvalue weighted by molar-refractivity contribution is 6.10. The normalized spacial score (nSPS) is 19.7. The Balaban J connectivity index is 1.39. The Kier molecular flexibility index (Phi) is 4.31. The van der Waals surface area contributed by atoms with E-state index < -0.39 is 17.2 Å². The smallest absolute Gasteiger partial charge is 0.254 e. The van der Waals surface area contributed by atoms with Crippen LogP contribution in [0.2, 0.25) is 0 Å². The van der Waals surface area contributed by atoms with Gasteiger partial charge in [-0.1, -0.05) is 12.1 Å². The lowest BCUT2D eigenvalue weighted by Crippen LogP contribution is -2.46. The lowest BCUT2D eigenvalue weighted by molar-refractivity contribution is -0.127. The third-order valence-electron chi connectivity index (χ3n) is 6.41. The average molecular weight is 458 g/mol. The molecule has 3 amide bonds. The third-order valence-corrected chi connectivity index (χ3v) is 6.41. The highest BCUT2D eigenvalue weighted by Gasteiger charge is 2.53. The van der Waals surface area contributed by atoms with Gasteiger partial charge in [-0.2, -0.15) is 0 Å². The number of carbonyl (C=O) groups is 3. The number of carbonyl (C=O) groups excluding carboxylic acids is 3. The Morgan fingerprint density at radius 3 is 2.76 bits per heavy atom. The zero-order valence-electron chi connectivity index (χ0n) is 18.0. The summed E-state index contributed by atoms with van der Waals surface area (Å²) in [6.45, 7) is 0.319. The van der Waals surface area contributed by atoms with Crippen LogP contribution in [0.3, 0.4) is 0 Å². The summed E-state index contributed by atoms with van der Waals surface area (Å²) in [4.78, 5) is 40.2. The van der Waals surface area contributed by atoms with Crippen molar-refractivity contribution in [3.8, 4) is 17.2 Å². The van der Waals surface area contributed by atoms with Crippen LogP contribution in [0.15, 0.2) is 57.7 Å². The van der Waals surface area contributed by atoms with Crippen LogP contribution in [0.25, 0.3) is 22.4 Å². The minimum atomic E-state index is -1.34. The molecule has 1 saturated heterocycles. The predicted molar refractivity (Wildman–Crippen MR) is 117 cm³/mol. The van der Waals surface area contributed by atoms with Gasteiger partial charge in [0.25, 0.3) is 5.91 Å². The van der Waals surface area contributed by atoms with Crippen LogP contribution < -0.4 is 10.1 Å². The first-order valence-corrected chi connectivity index (χ1v) is 10.6.